The third-order valence-electron chi connectivity index (χ3n) is 2.43. The molecule has 0 aliphatic heterocycles. The maximum absolute atomic E-state index is 10.9. The second-order valence-electron chi connectivity index (χ2n) is 3.79. The Hall–Kier alpha value is -2.08. The molecule has 0 saturated heterocycles. The van der Waals surface area contributed by atoms with E-state index < -0.39 is 4.92 Å². The lowest BCUT2D eigenvalue weighted by Gasteiger charge is -2.05. The van der Waals surface area contributed by atoms with Crippen molar-refractivity contribution >= 4 is 23.0 Å². The largest absolute Gasteiger partial charge is 0.378 e. The molecule has 0 atom stereocenters. The molecular weight excluding hydrogens is 256 g/mol. The minimum Gasteiger partial charge on any atom is -0.378 e. The molecule has 6 nitrogen and oxygen atoms in total. The van der Waals surface area contributed by atoms with Crippen LogP contribution in [-0.2, 0) is 13.6 Å². The maximum atomic E-state index is 10.9. The maximum Gasteiger partial charge on any atom is 0.275 e. The fraction of sp³-hybridized carbons (Fsp3) is 0.182. The van der Waals surface area contributed by atoms with Crippen LogP contribution in [-0.4, -0.2) is 14.7 Å². The van der Waals surface area contributed by atoms with Gasteiger partial charge < -0.3 is 5.32 Å². The molecule has 94 valence electrons. The molecule has 1 heterocycles. The zero-order valence-corrected chi connectivity index (χ0v) is 10.4. The molecule has 2 aromatic rings. The van der Waals surface area contributed by atoms with E-state index in [0.29, 0.717) is 17.1 Å². The molecule has 0 aliphatic rings. The summed E-state index contributed by atoms with van der Waals surface area (Å²) in [5.41, 5.74) is 1.40. The predicted molar refractivity (Wildman–Crippen MR) is 68.6 cm³/mol. The standard InChI is InChI=1S/C11H11ClN4O2/c1-15-7-10(6-14-15)13-5-8-2-3-9(12)4-11(8)16(17)18/h2-4,6-7,13H,5H2,1H3. The van der Waals surface area contributed by atoms with Crippen LogP contribution in [0.5, 0.6) is 0 Å². The lowest BCUT2D eigenvalue weighted by Crippen LogP contribution is -2.02. The van der Waals surface area contributed by atoms with Crippen LogP contribution in [0.3, 0.4) is 0 Å². The second kappa shape index (κ2) is 5.05. The molecule has 2 rings (SSSR count). The number of nitrogens with one attached hydrogen (secondary N) is 1. The first-order valence-electron chi connectivity index (χ1n) is 5.21. The third kappa shape index (κ3) is 2.78. The van der Waals surface area contributed by atoms with E-state index in [1.165, 1.54) is 6.07 Å². The van der Waals surface area contributed by atoms with E-state index in [-0.39, 0.29) is 5.69 Å². The van der Waals surface area contributed by atoms with Crippen LogP contribution in [0.4, 0.5) is 11.4 Å². The number of nitrogens with zero attached hydrogens (tertiary/aromatic N) is 3. The van der Waals surface area contributed by atoms with Crippen molar-refractivity contribution in [3.05, 3.63) is 51.3 Å². The van der Waals surface area contributed by atoms with Crippen molar-refractivity contribution in [3.63, 3.8) is 0 Å². The van der Waals surface area contributed by atoms with Crippen LogP contribution in [0.2, 0.25) is 5.02 Å². The van der Waals surface area contributed by atoms with E-state index in [1.807, 2.05) is 0 Å². The van der Waals surface area contributed by atoms with Crippen LogP contribution >= 0.6 is 11.6 Å². The molecule has 0 radical (unpaired) electrons. The number of rotatable bonds is 4. The van der Waals surface area contributed by atoms with Gasteiger partial charge in [-0.2, -0.15) is 5.10 Å². The summed E-state index contributed by atoms with van der Waals surface area (Å²) in [6, 6.07) is 4.63. The zero-order valence-electron chi connectivity index (χ0n) is 9.63. The van der Waals surface area contributed by atoms with Crippen LogP contribution in [0.25, 0.3) is 0 Å². The first-order valence-corrected chi connectivity index (χ1v) is 5.59. The van der Waals surface area contributed by atoms with E-state index in [4.69, 9.17) is 11.6 Å². The minimum absolute atomic E-state index is 0.0129. The molecule has 1 aromatic heterocycles. The molecule has 7 heteroatoms. The van der Waals surface area contributed by atoms with Crippen molar-refractivity contribution < 1.29 is 4.92 Å². The van der Waals surface area contributed by atoms with Gasteiger partial charge in [-0.15, -0.1) is 0 Å². The lowest BCUT2D eigenvalue weighted by atomic mass is 10.2. The van der Waals surface area contributed by atoms with Crippen LogP contribution in [0.1, 0.15) is 5.56 Å². The summed E-state index contributed by atoms with van der Waals surface area (Å²) in [4.78, 5) is 10.5. The number of anilines is 1. The Labute approximate surface area is 108 Å². The Morgan fingerprint density at radius 3 is 2.94 bits per heavy atom. The summed E-state index contributed by atoms with van der Waals surface area (Å²) in [5.74, 6) is 0. The fourth-order valence-corrected chi connectivity index (χ4v) is 1.73. The molecule has 0 fully saturated rings. The van der Waals surface area contributed by atoms with Gasteiger partial charge in [0.1, 0.15) is 0 Å². The Kier molecular flexibility index (Phi) is 3.47. The molecule has 18 heavy (non-hydrogen) atoms. The fourth-order valence-electron chi connectivity index (χ4n) is 1.57. The molecule has 0 amide bonds. The van der Waals surface area contributed by atoms with Gasteiger partial charge >= 0.3 is 0 Å². The monoisotopic (exact) mass is 266 g/mol. The molecule has 1 aromatic carbocycles. The summed E-state index contributed by atoms with van der Waals surface area (Å²) in [6.07, 6.45) is 3.45. The van der Waals surface area contributed by atoms with Gasteiger partial charge in [0.25, 0.3) is 5.69 Å². The van der Waals surface area contributed by atoms with Crippen LogP contribution in [0.15, 0.2) is 30.6 Å². The van der Waals surface area contributed by atoms with E-state index >= 15 is 0 Å². The Balaban J connectivity index is 2.16. The predicted octanol–water partition coefficient (Wildman–Crippen LogP) is 2.59. The number of nitro groups is 1. The van der Waals surface area contributed by atoms with Crippen molar-refractivity contribution in [2.24, 2.45) is 7.05 Å². The summed E-state index contributed by atoms with van der Waals surface area (Å²) in [5, 5.41) is 18.3. The highest BCUT2D eigenvalue weighted by Gasteiger charge is 2.13. The second-order valence-corrected chi connectivity index (χ2v) is 4.22. The number of nitro benzene ring substituents is 1. The number of halogens is 1. The van der Waals surface area contributed by atoms with Gasteiger partial charge in [0.05, 0.1) is 16.8 Å². The molecule has 1 N–H and O–H groups in total. The lowest BCUT2D eigenvalue weighted by molar-refractivity contribution is -0.385. The number of aryl methyl sites for hydroxylation is 1. The zero-order chi connectivity index (χ0) is 13.1. The van der Waals surface area contributed by atoms with Crippen molar-refractivity contribution in [1.82, 2.24) is 9.78 Å². The highest BCUT2D eigenvalue weighted by Crippen LogP contribution is 2.23. The van der Waals surface area contributed by atoms with Crippen LogP contribution in [0, 0.1) is 10.1 Å². The Bertz CT molecular complexity index is 582. The van der Waals surface area contributed by atoms with E-state index in [9.17, 15) is 10.1 Å². The molecule has 0 bridgehead atoms. The Morgan fingerprint density at radius 2 is 2.33 bits per heavy atom. The molecule has 0 saturated carbocycles. The summed E-state index contributed by atoms with van der Waals surface area (Å²) in [7, 11) is 1.80. The average Bonchev–Trinajstić information content (AvgIpc) is 2.73. The SMILES string of the molecule is Cn1cc(NCc2ccc(Cl)cc2[N+](=O)[O-])cn1. The van der Waals surface area contributed by atoms with E-state index in [0.717, 1.165) is 5.69 Å². The highest BCUT2D eigenvalue weighted by atomic mass is 35.5. The van der Waals surface area contributed by atoms with Gasteiger partial charge in [0.15, 0.2) is 0 Å². The molecule has 0 aliphatic carbocycles. The summed E-state index contributed by atoms with van der Waals surface area (Å²) >= 11 is 5.74. The van der Waals surface area contributed by atoms with Crippen molar-refractivity contribution in [1.29, 1.82) is 0 Å². The average molecular weight is 267 g/mol. The van der Waals surface area contributed by atoms with Gasteiger partial charge in [0.2, 0.25) is 0 Å². The number of hydrogen-bond donors (Lipinski definition) is 1. The molecular formula is C11H11ClN4O2. The van der Waals surface area contributed by atoms with Gasteiger partial charge in [-0.05, 0) is 12.1 Å². The minimum atomic E-state index is -0.438. The van der Waals surface area contributed by atoms with Crippen molar-refractivity contribution in [2.75, 3.05) is 5.32 Å². The van der Waals surface area contributed by atoms with E-state index in [2.05, 4.69) is 10.4 Å². The first-order chi connectivity index (χ1) is 8.56. The van der Waals surface area contributed by atoms with Crippen molar-refractivity contribution in [3.8, 4) is 0 Å². The topological polar surface area (TPSA) is 73.0 Å². The van der Waals surface area contributed by atoms with Gasteiger partial charge in [-0.25, -0.2) is 0 Å². The normalized spacial score (nSPS) is 10.3. The third-order valence-corrected chi connectivity index (χ3v) is 2.67. The Morgan fingerprint density at radius 1 is 1.56 bits per heavy atom. The summed E-state index contributed by atoms with van der Waals surface area (Å²) in [6.45, 7) is 0.346. The number of aromatic nitrogens is 2. The highest BCUT2D eigenvalue weighted by molar-refractivity contribution is 6.30. The smallest absolute Gasteiger partial charge is 0.275 e. The van der Waals surface area contributed by atoms with Crippen LogP contribution < -0.4 is 5.32 Å². The number of hydrogen-bond acceptors (Lipinski definition) is 4. The van der Waals surface area contributed by atoms with Gasteiger partial charge in [-0.3, -0.25) is 14.8 Å². The van der Waals surface area contributed by atoms with E-state index in [1.54, 1.807) is 36.3 Å². The number of benzene rings is 1. The molecule has 0 spiro atoms. The van der Waals surface area contributed by atoms with Gasteiger partial charge in [0, 0.05) is 36.4 Å². The first kappa shape index (κ1) is 12.4. The summed E-state index contributed by atoms with van der Waals surface area (Å²) < 4.78 is 1.65. The van der Waals surface area contributed by atoms with Crippen molar-refractivity contribution in [2.45, 2.75) is 6.54 Å². The molecule has 0 unspecified atom stereocenters. The van der Waals surface area contributed by atoms with Gasteiger partial charge in [-0.1, -0.05) is 11.6 Å². The quantitative estimate of drug-likeness (QED) is 0.682.